The zero-order chi connectivity index (χ0) is 14.7. The van der Waals surface area contributed by atoms with E-state index < -0.39 is 5.97 Å². The Bertz CT molecular complexity index is 487. The van der Waals surface area contributed by atoms with Gasteiger partial charge in [-0.3, -0.25) is 4.79 Å². The van der Waals surface area contributed by atoms with E-state index in [1.54, 1.807) is 7.11 Å². The minimum atomic E-state index is -0.652. The van der Waals surface area contributed by atoms with Gasteiger partial charge in [-0.05, 0) is 61.3 Å². The summed E-state index contributed by atoms with van der Waals surface area (Å²) in [5.41, 5.74) is 1.13. The molecule has 0 spiro atoms. The summed E-state index contributed by atoms with van der Waals surface area (Å²) in [6.45, 7) is 2.21. The lowest BCUT2D eigenvalue weighted by Crippen LogP contribution is -2.31. The lowest BCUT2D eigenvalue weighted by atomic mass is 9.72. The first kappa shape index (κ1) is 15.4. The number of carboxylic acid groups (broad SMARTS) is 1. The normalized spacial score (nSPS) is 26.2. The number of aliphatic carboxylic acids is 1. The van der Waals surface area contributed by atoms with E-state index in [1.165, 1.54) is 0 Å². The van der Waals surface area contributed by atoms with Crippen molar-refractivity contribution in [2.45, 2.75) is 32.6 Å². The van der Waals surface area contributed by atoms with Gasteiger partial charge in [-0.2, -0.15) is 0 Å². The molecule has 110 valence electrons. The quantitative estimate of drug-likeness (QED) is 0.895. The maximum Gasteiger partial charge on any atom is 0.306 e. The predicted octanol–water partition coefficient (Wildman–Crippen LogP) is 4.14. The molecule has 1 aliphatic rings. The number of hydrogen-bond acceptors (Lipinski definition) is 2. The van der Waals surface area contributed by atoms with Crippen molar-refractivity contribution in [2.75, 3.05) is 7.11 Å². The summed E-state index contributed by atoms with van der Waals surface area (Å²) in [6.07, 6.45) is 3.59. The van der Waals surface area contributed by atoms with E-state index in [1.807, 2.05) is 18.2 Å². The fraction of sp³-hybridized carbons (Fsp3) is 0.562. The molecule has 1 saturated carbocycles. The first-order valence-corrected chi connectivity index (χ1v) is 7.85. The SMILES string of the molecule is COc1ccc(Br)c(CC2CC(C)CCC2C(=O)O)c1. The molecule has 1 N–H and O–H groups in total. The average molecular weight is 341 g/mol. The Balaban J connectivity index is 2.19. The minimum Gasteiger partial charge on any atom is -0.497 e. The van der Waals surface area contributed by atoms with E-state index in [9.17, 15) is 9.90 Å². The van der Waals surface area contributed by atoms with Crippen molar-refractivity contribution in [2.24, 2.45) is 17.8 Å². The lowest BCUT2D eigenvalue weighted by Gasteiger charge is -2.32. The van der Waals surface area contributed by atoms with Gasteiger partial charge in [0.15, 0.2) is 0 Å². The number of ether oxygens (including phenoxy) is 1. The molecule has 1 aliphatic carbocycles. The second-order valence-electron chi connectivity index (χ2n) is 5.78. The maximum absolute atomic E-state index is 11.4. The number of rotatable bonds is 4. The Morgan fingerprint density at radius 2 is 2.20 bits per heavy atom. The molecule has 0 aliphatic heterocycles. The molecule has 1 aromatic carbocycles. The van der Waals surface area contributed by atoms with Crippen molar-refractivity contribution in [1.82, 2.24) is 0 Å². The summed E-state index contributed by atoms with van der Waals surface area (Å²) in [4.78, 5) is 11.4. The van der Waals surface area contributed by atoms with Crippen LogP contribution in [0.5, 0.6) is 5.75 Å². The second kappa shape index (κ2) is 6.61. The van der Waals surface area contributed by atoms with Gasteiger partial charge in [0.2, 0.25) is 0 Å². The molecular weight excluding hydrogens is 320 g/mol. The largest absolute Gasteiger partial charge is 0.497 e. The molecule has 3 nitrogen and oxygen atoms in total. The van der Waals surface area contributed by atoms with Crippen LogP contribution in [0.1, 0.15) is 31.7 Å². The number of carbonyl (C=O) groups is 1. The van der Waals surface area contributed by atoms with Crippen molar-refractivity contribution < 1.29 is 14.6 Å². The van der Waals surface area contributed by atoms with Crippen LogP contribution in [0.4, 0.5) is 0 Å². The van der Waals surface area contributed by atoms with Gasteiger partial charge in [0.05, 0.1) is 13.0 Å². The van der Waals surface area contributed by atoms with Crippen LogP contribution in [0, 0.1) is 17.8 Å². The fourth-order valence-corrected chi connectivity index (χ4v) is 3.57. The van der Waals surface area contributed by atoms with Crippen molar-refractivity contribution in [3.63, 3.8) is 0 Å². The molecule has 0 amide bonds. The molecule has 4 heteroatoms. The number of halogens is 1. The third-order valence-corrected chi connectivity index (χ3v) is 5.07. The monoisotopic (exact) mass is 340 g/mol. The van der Waals surface area contributed by atoms with Gasteiger partial charge in [0.25, 0.3) is 0 Å². The van der Waals surface area contributed by atoms with Crippen molar-refractivity contribution in [3.8, 4) is 5.75 Å². The summed E-state index contributed by atoms with van der Waals surface area (Å²) in [6, 6.07) is 5.88. The Morgan fingerprint density at radius 3 is 2.85 bits per heavy atom. The summed E-state index contributed by atoms with van der Waals surface area (Å²) in [5.74, 6) is 0.767. The highest BCUT2D eigenvalue weighted by Gasteiger charge is 2.33. The molecule has 1 fully saturated rings. The number of methoxy groups -OCH3 is 1. The average Bonchev–Trinajstić information content (AvgIpc) is 2.41. The maximum atomic E-state index is 11.4. The molecule has 0 heterocycles. The van der Waals surface area contributed by atoms with E-state index in [4.69, 9.17) is 4.74 Å². The molecule has 1 aromatic rings. The zero-order valence-electron chi connectivity index (χ0n) is 11.9. The van der Waals surface area contributed by atoms with Gasteiger partial charge in [-0.25, -0.2) is 0 Å². The van der Waals surface area contributed by atoms with Crippen molar-refractivity contribution >= 4 is 21.9 Å². The minimum absolute atomic E-state index is 0.208. The van der Waals surface area contributed by atoms with E-state index >= 15 is 0 Å². The molecule has 0 radical (unpaired) electrons. The van der Waals surface area contributed by atoms with Gasteiger partial charge in [-0.1, -0.05) is 22.9 Å². The van der Waals surface area contributed by atoms with Crippen LogP contribution in [0.2, 0.25) is 0 Å². The van der Waals surface area contributed by atoms with Crippen LogP contribution in [0.15, 0.2) is 22.7 Å². The number of hydrogen-bond donors (Lipinski definition) is 1. The predicted molar refractivity (Wildman–Crippen MR) is 82.0 cm³/mol. The van der Waals surface area contributed by atoms with Crippen LogP contribution in [-0.2, 0) is 11.2 Å². The summed E-state index contributed by atoms with van der Waals surface area (Å²) in [5, 5.41) is 9.41. The third-order valence-electron chi connectivity index (χ3n) is 4.30. The molecular formula is C16H21BrO3. The summed E-state index contributed by atoms with van der Waals surface area (Å²) >= 11 is 3.56. The first-order valence-electron chi connectivity index (χ1n) is 7.06. The summed E-state index contributed by atoms with van der Waals surface area (Å²) in [7, 11) is 1.65. The Labute approximate surface area is 128 Å². The third kappa shape index (κ3) is 3.54. The topological polar surface area (TPSA) is 46.5 Å². The fourth-order valence-electron chi connectivity index (χ4n) is 3.17. The number of benzene rings is 1. The second-order valence-corrected chi connectivity index (χ2v) is 6.64. The molecule has 3 atom stereocenters. The highest BCUT2D eigenvalue weighted by Crippen LogP contribution is 2.37. The van der Waals surface area contributed by atoms with Gasteiger partial charge in [0, 0.05) is 4.47 Å². The number of carboxylic acids is 1. The van der Waals surface area contributed by atoms with Crippen LogP contribution in [0.25, 0.3) is 0 Å². The van der Waals surface area contributed by atoms with Gasteiger partial charge in [0.1, 0.15) is 5.75 Å². The smallest absolute Gasteiger partial charge is 0.306 e. The molecule has 2 rings (SSSR count). The lowest BCUT2D eigenvalue weighted by molar-refractivity contribution is -0.145. The zero-order valence-corrected chi connectivity index (χ0v) is 13.5. The van der Waals surface area contributed by atoms with Crippen LogP contribution < -0.4 is 4.74 Å². The standard InChI is InChI=1S/C16H21BrO3/c1-10-3-5-14(16(18)19)11(7-10)8-12-9-13(20-2)4-6-15(12)17/h4,6,9-11,14H,3,5,7-8H2,1-2H3,(H,18,19). The molecule has 20 heavy (non-hydrogen) atoms. The Hall–Kier alpha value is -1.03. The van der Waals surface area contributed by atoms with E-state index in [0.29, 0.717) is 5.92 Å². The Kier molecular flexibility index (Phi) is 5.08. The summed E-state index contributed by atoms with van der Waals surface area (Å²) < 4.78 is 6.29. The van der Waals surface area contributed by atoms with Gasteiger partial charge in [-0.15, -0.1) is 0 Å². The van der Waals surface area contributed by atoms with E-state index in [0.717, 1.165) is 41.5 Å². The van der Waals surface area contributed by atoms with Gasteiger partial charge < -0.3 is 9.84 Å². The molecule has 3 unspecified atom stereocenters. The van der Waals surface area contributed by atoms with Crippen molar-refractivity contribution in [1.29, 1.82) is 0 Å². The van der Waals surface area contributed by atoms with Gasteiger partial charge >= 0.3 is 5.97 Å². The molecule has 0 aromatic heterocycles. The van der Waals surface area contributed by atoms with Crippen LogP contribution >= 0.6 is 15.9 Å². The molecule has 0 bridgehead atoms. The van der Waals surface area contributed by atoms with E-state index in [2.05, 4.69) is 22.9 Å². The molecule has 0 saturated heterocycles. The van der Waals surface area contributed by atoms with Crippen LogP contribution in [0.3, 0.4) is 0 Å². The first-order chi connectivity index (χ1) is 9.51. The van der Waals surface area contributed by atoms with Crippen molar-refractivity contribution in [3.05, 3.63) is 28.2 Å². The van der Waals surface area contributed by atoms with Crippen LogP contribution in [-0.4, -0.2) is 18.2 Å². The highest BCUT2D eigenvalue weighted by molar-refractivity contribution is 9.10. The van der Waals surface area contributed by atoms with E-state index in [-0.39, 0.29) is 11.8 Å². The Morgan fingerprint density at radius 1 is 1.45 bits per heavy atom. The highest BCUT2D eigenvalue weighted by atomic mass is 79.9.